The van der Waals surface area contributed by atoms with Crippen LogP contribution in [0.5, 0.6) is 0 Å². The molecule has 2 fully saturated rings. The summed E-state index contributed by atoms with van der Waals surface area (Å²) in [6, 6.07) is -0.945. The highest BCUT2D eigenvalue weighted by molar-refractivity contribution is 5.76. The SMILES string of the molecule is CC/C=C\C/C=C\C/C=C\CCCCCCCCCC(=O)NC(COC1OC(CO)C(OC2OC(CO)C(O)C(O)C2O)C(O)C1O)C(O)/C=C/CC/C=C/CC/C=C/CCCCCCC. The third kappa shape index (κ3) is 25.2. The smallest absolute Gasteiger partial charge is 0.220 e. The van der Waals surface area contributed by atoms with Crippen LogP contribution in [0.2, 0.25) is 0 Å². The average molecular weight is 936 g/mol. The number of rotatable bonds is 37. The minimum Gasteiger partial charge on any atom is -0.394 e. The van der Waals surface area contributed by atoms with Crippen LogP contribution in [0.15, 0.2) is 72.9 Å². The van der Waals surface area contributed by atoms with Crippen molar-refractivity contribution in [3.05, 3.63) is 72.9 Å². The first-order valence-corrected chi connectivity index (χ1v) is 25.2. The quantitative estimate of drug-likeness (QED) is 0.0242. The Morgan fingerprint density at radius 2 is 1.06 bits per heavy atom. The molecule has 12 atom stereocenters. The van der Waals surface area contributed by atoms with Gasteiger partial charge in [-0.25, -0.2) is 0 Å². The highest BCUT2D eigenvalue weighted by atomic mass is 16.7. The van der Waals surface area contributed by atoms with Crippen molar-refractivity contribution in [2.45, 2.75) is 229 Å². The lowest BCUT2D eigenvalue weighted by atomic mass is 9.97. The summed E-state index contributed by atoms with van der Waals surface area (Å²) in [4.78, 5) is 13.2. The maximum atomic E-state index is 13.2. The summed E-state index contributed by atoms with van der Waals surface area (Å²) in [7, 11) is 0. The van der Waals surface area contributed by atoms with Gasteiger partial charge in [0.15, 0.2) is 12.6 Å². The fraction of sp³-hybridized carbons (Fsp3) is 0.750. The van der Waals surface area contributed by atoms with E-state index in [0.29, 0.717) is 12.8 Å². The molecule has 0 spiro atoms. The molecule has 0 aromatic rings. The minimum absolute atomic E-state index is 0.255. The Balaban J connectivity index is 1.88. The van der Waals surface area contributed by atoms with E-state index in [1.165, 1.54) is 38.5 Å². The third-order valence-electron chi connectivity index (χ3n) is 11.9. The van der Waals surface area contributed by atoms with Crippen molar-refractivity contribution in [2.24, 2.45) is 0 Å². The van der Waals surface area contributed by atoms with Gasteiger partial charge >= 0.3 is 0 Å². The van der Waals surface area contributed by atoms with Crippen LogP contribution in [-0.4, -0.2) is 140 Å². The molecule has 14 nitrogen and oxygen atoms in total. The molecule has 0 aliphatic carbocycles. The molecule has 2 aliphatic heterocycles. The summed E-state index contributed by atoms with van der Waals surface area (Å²) in [6.07, 6.45) is 30.8. The number of hydrogen-bond acceptors (Lipinski definition) is 13. The normalized spacial score (nSPS) is 27.4. The second kappa shape index (κ2) is 38.3. The highest BCUT2D eigenvalue weighted by Crippen LogP contribution is 2.30. The molecule has 12 unspecified atom stereocenters. The van der Waals surface area contributed by atoms with Gasteiger partial charge in [-0.1, -0.05) is 145 Å². The van der Waals surface area contributed by atoms with Crippen LogP contribution < -0.4 is 5.32 Å². The van der Waals surface area contributed by atoms with Crippen LogP contribution in [0.25, 0.3) is 0 Å². The lowest BCUT2D eigenvalue weighted by molar-refractivity contribution is -0.359. The van der Waals surface area contributed by atoms with Crippen molar-refractivity contribution in [3.8, 4) is 0 Å². The van der Waals surface area contributed by atoms with E-state index in [1.807, 2.05) is 6.08 Å². The largest absolute Gasteiger partial charge is 0.394 e. The summed E-state index contributed by atoms with van der Waals surface area (Å²) in [6.45, 7) is 2.60. The number of carbonyl (C=O) groups is 1. The predicted molar refractivity (Wildman–Crippen MR) is 258 cm³/mol. The molecule has 14 heteroatoms. The van der Waals surface area contributed by atoms with Gasteiger partial charge in [0.05, 0.1) is 32.0 Å². The number of unbranched alkanes of at least 4 members (excludes halogenated alkanes) is 14. The van der Waals surface area contributed by atoms with Crippen LogP contribution in [0, 0.1) is 0 Å². The maximum absolute atomic E-state index is 13.2. The van der Waals surface area contributed by atoms with Crippen molar-refractivity contribution >= 4 is 5.91 Å². The molecule has 2 saturated heterocycles. The van der Waals surface area contributed by atoms with Gasteiger partial charge in [0.1, 0.15) is 48.8 Å². The van der Waals surface area contributed by atoms with Gasteiger partial charge in [0.25, 0.3) is 0 Å². The van der Waals surface area contributed by atoms with E-state index in [1.54, 1.807) is 6.08 Å². The molecule has 2 heterocycles. The van der Waals surface area contributed by atoms with Crippen molar-refractivity contribution in [1.82, 2.24) is 5.32 Å². The first-order chi connectivity index (χ1) is 32.1. The Labute approximate surface area is 396 Å². The highest BCUT2D eigenvalue weighted by Gasteiger charge is 2.51. The number of carbonyl (C=O) groups excluding carboxylic acids is 1. The van der Waals surface area contributed by atoms with E-state index >= 15 is 0 Å². The number of ether oxygens (including phenoxy) is 4. The lowest BCUT2D eigenvalue weighted by Crippen LogP contribution is -2.65. The Kier molecular flexibility index (Phi) is 34.6. The van der Waals surface area contributed by atoms with Gasteiger partial charge in [-0.3, -0.25) is 4.79 Å². The van der Waals surface area contributed by atoms with Crippen molar-refractivity contribution < 1.29 is 64.6 Å². The Bertz CT molecular complexity index is 1380. The topological polar surface area (TPSA) is 228 Å². The molecular weight excluding hydrogens is 847 g/mol. The second-order valence-electron chi connectivity index (χ2n) is 17.5. The number of nitrogens with one attached hydrogen (secondary N) is 1. The molecule has 0 radical (unpaired) electrons. The molecule has 0 bridgehead atoms. The minimum atomic E-state index is -1.80. The number of aliphatic hydroxyl groups excluding tert-OH is 8. The Morgan fingerprint density at radius 1 is 0.561 bits per heavy atom. The number of hydrogen-bond donors (Lipinski definition) is 9. The van der Waals surface area contributed by atoms with Crippen LogP contribution >= 0.6 is 0 Å². The van der Waals surface area contributed by atoms with E-state index in [4.69, 9.17) is 18.9 Å². The zero-order valence-electron chi connectivity index (χ0n) is 40.2. The van der Waals surface area contributed by atoms with Gasteiger partial charge in [-0.05, 0) is 77.0 Å². The van der Waals surface area contributed by atoms with E-state index in [0.717, 1.165) is 83.5 Å². The van der Waals surface area contributed by atoms with Crippen LogP contribution in [0.4, 0.5) is 0 Å². The maximum Gasteiger partial charge on any atom is 0.220 e. The molecule has 0 aromatic heterocycles. The van der Waals surface area contributed by atoms with Gasteiger partial charge in [0.2, 0.25) is 5.91 Å². The molecule has 1 amide bonds. The molecule has 0 aromatic carbocycles. The fourth-order valence-corrected chi connectivity index (χ4v) is 7.75. The van der Waals surface area contributed by atoms with E-state index in [-0.39, 0.29) is 18.9 Å². The van der Waals surface area contributed by atoms with E-state index in [9.17, 15) is 45.6 Å². The van der Waals surface area contributed by atoms with Crippen molar-refractivity contribution in [3.63, 3.8) is 0 Å². The number of aliphatic hydroxyl groups is 8. The number of amides is 1. The van der Waals surface area contributed by atoms with Gasteiger partial charge in [-0.2, -0.15) is 0 Å². The van der Waals surface area contributed by atoms with Crippen LogP contribution in [0.3, 0.4) is 0 Å². The number of allylic oxidation sites excluding steroid dienone is 11. The Hall–Kier alpha value is -2.57. The summed E-state index contributed by atoms with van der Waals surface area (Å²) in [5.41, 5.74) is 0. The summed E-state index contributed by atoms with van der Waals surface area (Å²) < 4.78 is 22.6. The first-order valence-electron chi connectivity index (χ1n) is 25.2. The zero-order chi connectivity index (χ0) is 48.2. The molecule has 66 heavy (non-hydrogen) atoms. The molecule has 2 aliphatic rings. The summed E-state index contributed by atoms with van der Waals surface area (Å²) in [5.74, 6) is -0.269. The molecule has 0 saturated carbocycles. The van der Waals surface area contributed by atoms with Crippen molar-refractivity contribution in [1.29, 1.82) is 0 Å². The summed E-state index contributed by atoms with van der Waals surface area (Å²) >= 11 is 0. The van der Waals surface area contributed by atoms with Crippen molar-refractivity contribution in [2.75, 3.05) is 19.8 Å². The Morgan fingerprint density at radius 3 is 1.67 bits per heavy atom. The standard InChI is InChI=1S/C52H89NO13/c1-3-5-7-9-11-13-15-17-19-20-22-24-26-28-30-32-34-36-44(57)53-40(41(56)35-33-31-29-27-25-23-21-18-16-14-12-10-8-6-4-2)39-63-51-49(62)47(60)50(43(38-55)65-51)66-52-48(61)46(59)45(58)42(37-54)64-52/h5,7,11,13,16-19,25,27,33,35,40-43,45-52,54-56,58-62H,3-4,6,8-10,12,14-15,20-24,26,28-32,34,36-39H2,1-2H3,(H,53,57)/b7-5-,13-11-,18-16+,19-17-,27-25+,35-33+. The molecular formula is C52H89NO13. The molecule has 380 valence electrons. The predicted octanol–water partition coefficient (Wildman–Crippen LogP) is 6.43. The monoisotopic (exact) mass is 936 g/mol. The molecule has 2 rings (SSSR count). The fourth-order valence-electron chi connectivity index (χ4n) is 7.75. The van der Waals surface area contributed by atoms with E-state index in [2.05, 4.69) is 79.9 Å². The third-order valence-corrected chi connectivity index (χ3v) is 11.9. The first kappa shape index (κ1) is 59.6. The second-order valence-corrected chi connectivity index (χ2v) is 17.5. The van der Waals surface area contributed by atoms with Gasteiger partial charge < -0.3 is 65.1 Å². The van der Waals surface area contributed by atoms with E-state index < -0.39 is 86.8 Å². The van der Waals surface area contributed by atoms with Crippen LogP contribution in [0.1, 0.15) is 155 Å². The molecule has 9 N–H and O–H groups in total. The van der Waals surface area contributed by atoms with Gasteiger partial charge in [-0.15, -0.1) is 0 Å². The zero-order valence-corrected chi connectivity index (χ0v) is 40.2. The van der Waals surface area contributed by atoms with Crippen LogP contribution in [-0.2, 0) is 23.7 Å². The van der Waals surface area contributed by atoms with Gasteiger partial charge in [0, 0.05) is 6.42 Å². The summed E-state index contributed by atoms with van der Waals surface area (Å²) in [5, 5.41) is 86.7. The lowest BCUT2D eigenvalue weighted by Gasteiger charge is -2.46. The average Bonchev–Trinajstić information content (AvgIpc) is 3.31.